The fourth-order valence-electron chi connectivity index (χ4n) is 1.69. The van der Waals surface area contributed by atoms with E-state index in [1.54, 1.807) is 11.9 Å². The number of hydrogen-bond donors (Lipinski definition) is 2. The molecule has 1 aliphatic heterocycles. The van der Waals surface area contributed by atoms with Crippen molar-refractivity contribution in [3.63, 3.8) is 0 Å². The summed E-state index contributed by atoms with van der Waals surface area (Å²) < 4.78 is 0. The molecular formula is C12H13ClN4OS. The molecule has 0 radical (unpaired) electrons. The summed E-state index contributed by atoms with van der Waals surface area (Å²) in [6.45, 7) is 0. The fraction of sp³-hybridized carbons (Fsp3) is 0.250. The lowest BCUT2D eigenvalue weighted by molar-refractivity contribution is -0.120. The summed E-state index contributed by atoms with van der Waals surface area (Å²) in [7, 11) is 1.80. The smallest absolute Gasteiger partial charge is 0.258 e. The van der Waals surface area contributed by atoms with E-state index in [1.165, 1.54) is 0 Å². The number of anilines is 1. The number of nitrogens with one attached hydrogen (secondary N) is 1. The van der Waals surface area contributed by atoms with Crippen molar-refractivity contribution < 1.29 is 4.79 Å². The van der Waals surface area contributed by atoms with Crippen LogP contribution in [0.25, 0.3) is 0 Å². The van der Waals surface area contributed by atoms with Crippen LogP contribution in [0.15, 0.2) is 29.4 Å². The maximum absolute atomic E-state index is 11.2. The van der Waals surface area contributed by atoms with Gasteiger partial charge in [0.05, 0.1) is 5.71 Å². The molecule has 0 aliphatic carbocycles. The highest BCUT2D eigenvalue weighted by molar-refractivity contribution is 7.80. The molecule has 100 valence electrons. The molecule has 1 unspecified atom stereocenters. The van der Waals surface area contributed by atoms with Crippen LogP contribution >= 0.6 is 23.8 Å². The van der Waals surface area contributed by atoms with E-state index in [-0.39, 0.29) is 5.91 Å². The highest BCUT2D eigenvalue weighted by atomic mass is 35.5. The third kappa shape index (κ3) is 3.02. The minimum Gasteiger partial charge on any atom is -0.376 e. The van der Waals surface area contributed by atoms with E-state index >= 15 is 0 Å². The first-order valence-corrected chi connectivity index (χ1v) is 6.47. The molecule has 0 fully saturated rings. The summed E-state index contributed by atoms with van der Waals surface area (Å²) in [5.41, 5.74) is 10.5. The number of carbonyl (C=O) groups excluding carboxylic acids is 1. The summed E-state index contributed by atoms with van der Waals surface area (Å²) in [5, 5.41) is 3.73. The molecular weight excluding hydrogens is 284 g/mol. The average molecular weight is 297 g/mol. The van der Waals surface area contributed by atoms with Crippen LogP contribution in [0.3, 0.4) is 0 Å². The summed E-state index contributed by atoms with van der Waals surface area (Å²) >= 11 is 10.8. The van der Waals surface area contributed by atoms with Gasteiger partial charge in [-0.2, -0.15) is 5.10 Å². The molecule has 19 heavy (non-hydrogen) atoms. The molecule has 5 nitrogen and oxygen atoms in total. The van der Waals surface area contributed by atoms with Gasteiger partial charge in [0, 0.05) is 19.2 Å². The predicted molar refractivity (Wildman–Crippen MR) is 80.6 cm³/mol. The number of carbonyl (C=O) groups is 1. The Morgan fingerprint density at radius 2 is 2.16 bits per heavy atom. The second kappa shape index (κ2) is 5.54. The van der Waals surface area contributed by atoms with E-state index in [0.717, 1.165) is 17.0 Å². The largest absolute Gasteiger partial charge is 0.376 e. The van der Waals surface area contributed by atoms with Crippen LogP contribution in [0.5, 0.6) is 0 Å². The van der Waals surface area contributed by atoms with E-state index < -0.39 is 5.38 Å². The number of hydrogen-bond acceptors (Lipinski definition) is 3. The maximum Gasteiger partial charge on any atom is 0.258 e. The molecule has 1 aromatic rings. The molecule has 1 aliphatic rings. The predicted octanol–water partition coefficient (Wildman–Crippen LogP) is 1.20. The number of halogens is 1. The first kappa shape index (κ1) is 13.8. The quantitative estimate of drug-likeness (QED) is 0.635. The van der Waals surface area contributed by atoms with Gasteiger partial charge in [0.2, 0.25) is 0 Å². The zero-order chi connectivity index (χ0) is 14.0. The fourth-order valence-corrected chi connectivity index (χ4v) is 1.99. The van der Waals surface area contributed by atoms with Crippen LogP contribution in [0.1, 0.15) is 12.0 Å². The number of hydrazone groups is 1. The van der Waals surface area contributed by atoms with E-state index in [0.29, 0.717) is 11.5 Å². The van der Waals surface area contributed by atoms with Gasteiger partial charge in [-0.05, 0) is 29.9 Å². The second-order valence-corrected chi connectivity index (χ2v) is 5.10. The zero-order valence-corrected chi connectivity index (χ0v) is 11.8. The normalized spacial score (nSPS) is 18.5. The van der Waals surface area contributed by atoms with Crippen molar-refractivity contribution in [2.45, 2.75) is 11.8 Å². The van der Waals surface area contributed by atoms with Gasteiger partial charge in [-0.25, -0.2) is 5.43 Å². The molecule has 1 aromatic carbocycles. The Morgan fingerprint density at radius 1 is 1.53 bits per heavy atom. The lowest BCUT2D eigenvalue weighted by atomic mass is 10.0. The van der Waals surface area contributed by atoms with Crippen molar-refractivity contribution in [3.8, 4) is 0 Å². The molecule has 1 atom stereocenters. The maximum atomic E-state index is 11.2. The minimum atomic E-state index is -0.577. The van der Waals surface area contributed by atoms with Crippen LogP contribution in [0, 0.1) is 0 Å². The van der Waals surface area contributed by atoms with Crippen molar-refractivity contribution in [3.05, 3.63) is 29.8 Å². The van der Waals surface area contributed by atoms with Gasteiger partial charge in [-0.3, -0.25) is 4.79 Å². The highest BCUT2D eigenvalue weighted by Gasteiger charge is 2.23. The van der Waals surface area contributed by atoms with Crippen LogP contribution in [-0.4, -0.2) is 29.2 Å². The molecule has 0 aromatic heterocycles. The van der Waals surface area contributed by atoms with Crippen LogP contribution in [0.4, 0.5) is 5.69 Å². The average Bonchev–Trinajstić information content (AvgIpc) is 2.41. The summed E-state index contributed by atoms with van der Waals surface area (Å²) in [6.07, 6.45) is 0.415. The standard InChI is InChI=1S/C12H13ClN4OS/c1-17(12(14)19)8-4-2-7(3-5-8)10-6-9(13)11(18)16-15-10/h2-5,9H,6H2,1H3,(H2,14,19)(H,16,18). The highest BCUT2D eigenvalue weighted by Crippen LogP contribution is 2.18. The molecule has 1 amide bonds. The van der Waals surface area contributed by atoms with Gasteiger partial charge in [-0.15, -0.1) is 11.6 Å². The number of amides is 1. The number of nitrogens with two attached hydrogens (primary N) is 1. The first-order valence-electron chi connectivity index (χ1n) is 5.63. The number of alkyl halides is 1. The minimum absolute atomic E-state index is 0.268. The van der Waals surface area contributed by atoms with Gasteiger partial charge in [0.1, 0.15) is 5.38 Å². The summed E-state index contributed by atoms with van der Waals surface area (Å²) in [6, 6.07) is 7.56. The van der Waals surface area contributed by atoms with Gasteiger partial charge < -0.3 is 10.6 Å². The summed E-state index contributed by atoms with van der Waals surface area (Å²) in [5.74, 6) is -0.268. The third-order valence-electron chi connectivity index (χ3n) is 2.88. The van der Waals surface area contributed by atoms with E-state index in [9.17, 15) is 4.79 Å². The molecule has 3 N–H and O–H groups in total. The molecule has 1 heterocycles. The van der Waals surface area contributed by atoms with E-state index in [2.05, 4.69) is 10.5 Å². The van der Waals surface area contributed by atoms with Crippen molar-refractivity contribution in [2.75, 3.05) is 11.9 Å². The summed E-state index contributed by atoms with van der Waals surface area (Å²) in [4.78, 5) is 12.9. The molecule has 0 bridgehead atoms. The van der Waals surface area contributed by atoms with E-state index in [1.807, 2.05) is 24.3 Å². The van der Waals surface area contributed by atoms with Gasteiger partial charge in [0.25, 0.3) is 5.91 Å². The monoisotopic (exact) mass is 296 g/mol. The van der Waals surface area contributed by atoms with Gasteiger partial charge in [-0.1, -0.05) is 12.1 Å². The van der Waals surface area contributed by atoms with Crippen molar-refractivity contribution >= 4 is 46.2 Å². The Kier molecular flexibility index (Phi) is 4.01. The number of rotatable bonds is 2. The Bertz CT molecular complexity index is 543. The number of benzene rings is 1. The lowest BCUT2D eigenvalue weighted by Gasteiger charge is -2.19. The van der Waals surface area contributed by atoms with Crippen LogP contribution < -0.4 is 16.1 Å². The van der Waals surface area contributed by atoms with Crippen molar-refractivity contribution in [2.24, 2.45) is 10.8 Å². The Balaban J connectivity index is 2.19. The van der Waals surface area contributed by atoms with Gasteiger partial charge in [0.15, 0.2) is 5.11 Å². The SMILES string of the molecule is CN(C(N)=S)c1ccc(C2=NNC(=O)C(Cl)C2)cc1. The van der Waals surface area contributed by atoms with Crippen molar-refractivity contribution in [1.29, 1.82) is 0 Å². The Labute approximate surface area is 121 Å². The number of nitrogens with zero attached hydrogens (tertiary/aromatic N) is 2. The van der Waals surface area contributed by atoms with Gasteiger partial charge >= 0.3 is 0 Å². The number of thiocarbonyl (C=S) groups is 1. The van der Waals surface area contributed by atoms with E-state index in [4.69, 9.17) is 29.6 Å². The third-order valence-corrected chi connectivity index (χ3v) is 3.50. The zero-order valence-electron chi connectivity index (χ0n) is 10.3. The topological polar surface area (TPSA) is 70.7 Å². The molecule has 0 saturated carbocycles. The van der Waals surface area contributed by atoms with Crippen LogP contribution in [0.2, 0.25) is 0 Å². The Hall–Kier alpha value is -1.66. The molecule has 0 spiro atoms. The van der Waals surface area contributed by atoms with Crippen molar-refractivity contribution in [1.82, 2.24) is 5.43 Å². The second-order valence-electron chi connectivity index (χ2n) is 4.15. The molecule has 0 saturated heterocycles. The van der Waals surface area contributed by atoms with Crippen LogP contribution in [-0.2, 0) is 4.79 Å². The molecule has 7 heteroatoms. The molecule has 2 rings (SSSR count). The lowest BCUT2D eigenvalue weighted by Crippen LogP contribution is -2.35. The Morgan fingerprint density at radius 3 is 2.68 bits per heavy atom. The first-order chi connectivity index (χ1) is 8.99.